The van der Waals surface area contributed by atoms with Crippen LogP contribution in [-0.2, 0) is 29.4 Å². The highest BCUT2D eigenvalue weighted by Gasteiger charge is 2.07. The second-order valence-corrected chi connectivity index (χ2v) is 5.34. The van der Waals surface area contributed by atoms with Gasteiger partial charge in [0.15, 0.2) is 5.13 Å². The van der Waals surface area contributed by atoms with E-state index in [9.17, 15) is 4.79 Å². The van der Waals surface area contributed by atoms with Crippen molar-refractivity contribution in [2.75, 3.05) is 18.5 Å². The number of nitrogens with zero attached hydrogens (tertiary/aromatic N) is 4. The van der Waals surface area contributed by atoms with E-state index in [0.717, 1.165) is 29.6 Å². The third-order valence-corrected chi connectivity index (χ3v) is 3.72. The molecular formula is C13H19N5O2S. The zero-order valence-corrected chi connectivity index (χ0v) is 13.0. The Morgan fingerprint density at radius 3 is 3.05 bits per heavy atom. The van der Waals surface area contributed by atoms with Gasteiger partial charge in [-0.15, -0.1) is 21.5 Å². The van der Waals surface area contributed by atoms with E-state index < -0.39 is 0 Å². The van der Waals surface area contributed by atoms with Crippen molar-refractivity contribution in [3.8, 4) is 0 Å². The van der Waals surface area contributed by atoms with Crippen LogP contribution in [0.5, 0.6) is 0 Å². The Labute approximate surface area is 127 Å². The van der Waals surface area contributed by atoms with Gasteiger partial charge in [-0.2, -0.15) is 0 Å². The maximum atomic E-state index is 11.3. The highest BCUT2D eigenvalue weighted by Crippen LogP contribution is 2.16. The minimum Gasteiger partial charge on any atom is -0.466 e. The van der Waals surface area contributed by atoms with Crippen molar-refractivity contribution in [3.63, 3.8) is 0 Å². The molecule has 114 valence electrons. The van der Waals surface area contributed by atoms with Crippen LogP contribution in [0.25, 0.3) is 0 Å². The lowest BCUT2D eigenvalue weighted by Crippen LogP contribution is -2.08. The standard InChI is InChI=1S/C13H19N5O2S/c1-3-20-12(19)5-4-10-8-21-13(16-10)14-7-6-11-17-15-9-18(11)2/h8-9H,3-7H2,1-2H3,(H,14,16). The van der Waals surface area contributed by atoms with E-state index in [4.69, 9.17) is 4.74 Å². The first-order chi connectivity index (χ1) is 10.2. The summed E-state index contributed by atoms with van der Waals surface area (Å²) in [5.41, 5.74) is 0.911. The van der Waals surface area contributed by atoms with Crippen molar-refractivity contribution in [3.05, 3.63) is 23.2 Å². The van der Waals surface area contributed by atoms with Gasteiger partial charge in [0, 0.05) is 31.8 Å². The summed E-state index contributed by atoms with van der Waals surface area (Å²) in [5, 5.41) is 13.9. The molecule has 0 aromatic carbocycles. The third kappa shape index (κ3) is 4.82. The lowest BCUT2D eigenvalue weighted by Gasteiger charge is -2.02. The van der Waals surface area contributed by atoms with Crippen LogP contribution >= 0.6 is 11.3 Å². The van der Waals surface area contributed by atoms with Gasteiger partial charge in [0.1, 0.15) is 12.2 Å². The van der Waals surface area contributed by atoms with E-state index in [1.54, 1.807) is 13.3 Å². The fraction of sp³-hybridized carbons (Fsp3) is 0.538. The van der Waals surface area contributed by atoms with Crippen LogP contribution in [0.3, 0.4) is 0 Å². The van der Waals surface area contributed by atoms with E-state index in [1.165, 1.54) is 11.3 Å². The summed E-state index contributed by atoms with van der Waals surface area (Å²) in [5.74, 6) is 0.754. The number of anilines is 1. The molecule has 2 aromatic rings. The summed E-state index contributed by atoms with van der Waals surface area (Å²) in [4.78, 5) is 15.7. The molecule has 21 heavy (non-hydrogen) atoms. The van der Waals surface area contributed by atoms with E-state index >= 15 is 0 Å². The van der Waals surface area contributed by atoms with Gasteiger partial charge in [-0.25, -0.2) is 4.98 Å². The van der Waals surface area contributed by atoms with Crippen LogP contribution in [0.1, 0.15) is 24.9 Å². The van der Waals surface area contributed by atoms with E-state index in [0.29, 0.717) is 19.4 Å². The van der Waals surface area contributed by atoms with Gasteiger partial charge < -0.3 is 14.6 Å². The zero-order valence-electron chi connectivity index (χ0n) is 12.2. The Balaban J connectivity index is 1.73. The number of hydrogen-bond acceptors (Lipinski definition) is 7. The molecule has 0 bridgehead atoms. The Kier molecular flexibility index (Phi) is 5.68. The molecule has 8 heteroatoms. The van der Waals surface area contributed by atoms with Crippen molar-refractivity contribution in [2.45, 2.75) is 26.2 Å². The van der Waals surface area contributed by atoms with E-state index in [1.807, 2.05) is 17.0 Å². The van der Waals surface area contributed by atoms with Crippen molar-refractivity contribution >= 4 is 22.4 Å². The summed E-state index contributed by atoms with van der Waals surface area (Å²) < 4.78 is 6.79. The number of thiazole rings is 1. The minimum absolute atomic E-state index is 0.178. The Bertz CT molecular complexity index is 581. The highest BCUT2D eigenvalue weighted by atomic mass is 32.1. The molecule has 0 aliphatic heterocycles. The first-order valence-corrected chi connectivity index (χ1v) is 7.73. The molecule has 0 unspecified atom stereocenters. The molecule has 1 N–H and O–H groups in total. The molecule has 0 radical (unpaired) electrons. The Morgan fingerprint density at radius 1 is 1.48 bits per heavy atom. The quantitative estimate of drug-likeness (QED) is 0.743. The number of hydrogen-bond donors (Lipinski definition) is 1. The average molecular weight is 309 g/mol. The third-order valence-electron chi connectivity index (χ3n) is 2.87. The number of carbonyl (C=O) groups excluding carboxylic acids is 1. The summed E-state index contributed by atoms with van der Waals surface area (Å²) >= 11 is 1.54. The predicted octanol–water partition coefficient (Wildman–Crippen LogP) is 1.42. The topological polar surface area (TPSA) is 81.9 Å². The number of ether oxygens (including phenoxy) is 1. The average Bonchev–Trinajstić information content (AvgIpc) is 3.07. The minimum atomic E-state index is -0.178. The molecule has 2 aromatic heterocycles. The van der Waals surface area contributed by atoms with Crippen molar-refractivity contribution in [2.24, 2.45) is 7.05 Å². The van der Waals surface area contributed by atoms with E-state index in [2.05, 4.69) is 20.5 Å². The second kappa shape index (κ2) is 7.72. The lowest BCUT2D eigenvalue weighted by atomic mass is 10.2. The molecule has 0 spiro atoms. The molecule has 0 fully saturated rings. The zero-order chi connectivity index (χ0) is 15.1. The summed E-state index contributed by atoms with van der Waals surface area (Å²) in [6.45, 7) is 2.97. The van der Waals surface area contributed by atoms with Gasteiger partial charge in [-0.1, -0.05) is 0 Å². The van der Waals surface area contributed by atoms with Crippen molar-refractivity contribution < 1.29 is 9.53 Å². The number of aromatic nitrogens is 4. The largest absolute Gasteiger partial charge is 0.466 e. The maximum absolute atomic E-state index is 11.3. The fourth-order valence-electron chi connectivity index (χ4n) is 1.78. The van der Waals surface area contributed by atoms with Gasteiger partial charge in [0.05, 0.1) is 18.7 Å². The molecule has 0 saturated heterocycles. The van der Waals surface area contributed by atoms with Crippen molar-refractivity contribution in [1.82, 2.24) is 19.7 Å². The molecule has 2 heterocycles. The van der Waals surface area contributed by atoms with Crippen LogP contribution in [0.2, 0.25) is 0 Å². The summed E-state index contributed by atoms with van der Waals surface area (Å²) in [7, 11) is 1.92. The lowest BCUT2D eigenvalue weighted by molar-refractivity contribution is -0.143. The summed E-state index contributed by atoms with van der Waals surface area (Å²) in [6.07, 6.45) is 3.46. The molecule has 0 amide bonds. The monoisotopic (exact) mass is 309 g/mol. The van der Waals surface area contributed by atoms with Crippen molar-refractivity contribution in [1.29, 1.82) is 0 Å². The first-order valence-electron chi connectivity index (χ1n) is 6.85. The fourth-order valence-corrected chi connectivity index (χ4v) is 2.55. The molecule has 0 aliphatic rings. The predicted molar refractivity (Wildman–Crippen MR) is 80.3 cm³/mol. The Morgan fingerprint density at radius 2 is 2.33 bits per heavy atom. The van der Waals surface area contributed by atoms with Gasteiger partial charge in [0.2, 0.25) is 0 Å². The molecule has 2 rings (SSSR count). The number of carbonyl (C=O) groups is 1. The van der Waals surface area contributed by atoms with E-state index in [-0.39, 0.29) is 5.97 Å². The van der Waals surface area contributed by atoms with Crippen LogP contribution in [0, 0.1) is 0 Å². The number of rotatable bonds is 8. The van der Waals surface area contributed by atoms with Gasteiger partial charge in [-0.3, -0.25) is 4.79 Å². The number of aryl methyl sites for hydroxylation is 2. The van der Waals surface area contributed by atoms with Crippen LogP contribution in [0.15, 0.2) is 11.7 Å². The first kappa shape index (κ1) is 15.4. The molecule has 0 saturated carbocycles. The molecular weight excluding hydrogens is 290 g/mol. The Hall–Kier alpha value is -1.96. The molecule has 7 nitrogen and oxygen atoms in total. The van der Waals surface area contributed by atoms with Crippen LogP contribution in [0.4, 0.5) is 5.13 Å². The number of nitrogens with one attached hydrogen (secondary N) is 1. The maximum Gasteiger partial charge on any atom is 0.306 e. The number of esters is 1. The second-order valence-electron chi connectivity index (χ2n) is 4.48. The van der Waals surface area contributed by atoms with Crippen LogP contribution < -0.4 is 5.32 Å². The highest BCUT2D eigenvalue weighted by molar-refractivity contribution is 7.13. The van der Waals surface area contributed by atoms with Crippen LogP contribution in [-0.4, -0.2) is 38.9 Å². The smallest absolute Gasteiger partial charge is 0.306 e. The van der Waals surface area contributed by atoms with Gasteiger partial charge >= 0.3 is 5.97 Å². The molecule has 0 atom stereocenters. The summed E-state index contributed by atoms with van der Waals surface area (Å²) in [6, 6.07) is 0. The normalized spacial score (nSPS) is 10.6. The molecule has 0 aliphatic carbocycles. The SMILES string of the molecule is CCOC(=O)CCc1csc(NCCc2nncn2C)n1. The van der Waals surface area contributed by atoms with Gasteiger partial charge in [-0.05, 0) is 6.92 Å². The van der Waals surface area contributed by atoms with Gasteiger partial charge in [0.25, 0.3) is 0 Å².